The highest BCUT2D eigenvalue weighted by molar-refractivity contribution is 7.15. The minimum absolute atomic E-state index is 0.133. The van der Waals surface area contributed by atoms with Gasteiger partial charge in [0.2, 0.25) is 0 Å². The summed E-state index contributed by atoms with van der Waals surface area (Å²) in [4.78, 5) is 28.9. The summed E-state index contributed by atoms with van der Waals surface area (Å²) in [5.74, 6) is 0.526. The van der Waals surface area contributed by atoms with Crippen molar-refractivity contribution in [3.8, 4) is 5.75 Å². The van der Waals surface area contributed by atoms with Gasteiger partial charge in [-0.1, -0.05) is 0 Å². The van der Waals surface area contributed by atoms with E-state index >= 15 is 0 Å². The van der Waals surface area contributed by atoms with Crippen LogP contribution in [0.4, 0.5) is 5.69 Å². The molecule has 3 heterocycles. The topological polar surface area (TPSA) is 85.8 Å². The highest BCUT2D eigenvalue weighted by Gasteiger charge is 2.09. The molecular weight excluding hydrogens is 354 g/mol. The molecule has 0 saturated heterocycles. The third-order valence-corrected chi connectivity index (χ3v) is 4.36. The van der Waals surface area contributed by atoms with Gasteiger partial charge in [0.15, 0.2) is 10.7 Å². The quantitative estimate of drug-likeness (QED) is 0.585. The number of benzene rings is 1. The number of carbonyl (C=O) groups is 1. The van der Waals surface area contributed by atoms with Crippen molar-refractivity contribution >= 4 is 27.9 Å². The molecule has 0 fully saturated rings. The third kappa shape index (κ3) is 3.35. The van der Waals surface area contributed by atoms with Crippen LogP contribution in [0.5, 0.6) is 5.75 Å². The number of rotatable bonds is 5. The Hall–Kier alpha value is -3.39. The van der Waals surface area contributed by atoms with Crippen LogP contribution in [0.2, 0.25) is 0 Å². The fraction of sp³-hybridized carbons (Fsp3) is 0.0556. The Bertz CT molecular complexity index is 1100. The monoisotopic (exact) mass is 367 g/mol. The molecule has 0 bridgehead atoms. The smallest absolute Gasteiger partial charge is 0.291 e. The summed E-state index contributed by atoms with van der Waals surface area (Å²) >= 11 is 1.39. The average molecular weight is 367 g/mol. The van der Waals surface area contributed by atoms with Gasteiger partial charge < -0.3 is 14.5 Å². The van der Waals surface area contributed by atoms with Crippen molar-refractivity contribution in [2.24, 2.45) is 0 Å². The Balaban J connectivity index is 1.40. The van der Waals surface area contributed by atoms with Crippen LogP contribution in [-0.4, -0.2) is 15.3 Å². The fourth-order valence-electron chi connectivity index (χ4n) is 2.35. The molecule has 1 aromatic carbocycles. The van der Waals surface area contributed by atoms with Gasteiger partial charge in [0, 0.05) is 23.3 Å². The van der Waals surface area contributed by atoms with E-state index in [0.29, 0.717) is 22.1 Å². The molecule has 4 aromatic rings. The number of ether oxygens (including phenoxy) is 1. The summed E-state index contributed by atoms with van der Waals surface area (Å²) in [5, 5.41) is 4.54. The van der Waals surface area contributed by atoms with Gasteiger partial charge in [0.25, 0.3) is 11.5 Å². The summed E-state index contributed by atoms with van der Waals surface area (Å²) in [6.45, 7) is 0.182. The van der Waals surface area contributed by atoms with Crippen LogP contribution >= 0.6 is 11.3 Å². The Morgan fingerprint density at radius 2 is 2.12 bits per heavy atom. The van der Waals surface area contributed by atoms with Gasteiger partial charge in [-0.05, 0) is 36.4 Å². The maximum Gasteiger partial charge on any atom is 0.291 e. The summed E-state index contributed by atoms with van der Waals surface area (Å²) in [7, 11) is 0. The third-order valence-electron chi connectivity index (χ3n) is 3.60. The van der Waals surface area contributed by atoms with E-state index < -0.39 is 0 Å². The Morgan fingerprint density at radius 1 is 1.27 bits per heavy atom. The van der Waals surface area contributed by atoms with Crippen molar-refractivity contribution in [3.05, 3.63) is 82.1 Å². The minimum Gasteiger partial charge on any atom is -0.487 e. The molecular formula is C18H13N3O4S. The molecule has 0 radical (unpaired) electrons. The van der Waals surface area contributed by atoms with Gasteiger partial charge in [-0.2, -0.15) is 0 Å². The van der Waals surface area contributed by atoms with Crippen LogP contribution in [0.3, 0.4) is 0 Å². The van der Waals surface area contributed by atoms with Crippen LogP contribution < -0.4 is 15.6 Å². The van der Waals surface area contributed by atoms with Crippen LogP contribution in [-0.2, 0) is 6.61 Å². The number of nitrogens with zero attached hydrogens (tertiary/aromatic N) is 2. The summed E-state index contributed by atoms with van der Waals surface area (Å²) < 4.78 is 12.2. The van der Waals surface area contributed by atoms with E-state index in [4.69, 9.17) is 9.15 Å². The second-order valence-corrected chi connectivity index (χ2v) is 6.26. The maximum atomic E-state index is 11.9. The number of anilines is 1. The average Bonchev–Trinajstić information content (AvgIpc) is 3.33. The van der Waals surface area contributed by atoms with Crippen molar-refractivity contribution < 1.29 is 13.9 Å². The van der Waals surface area contributed by atoms with E-state index in [2.05, 4.69) is 10.3 Å². The van der Waals surface area contributed by atoms with Gasteiger partial charge in [0.05, 0.1) is 12.0 Å². The molecule has 1 amide bonds. The fourth-order valence-corrected chi connectivity index (χ4v) is 3.09. The first-order chi connectivity index (χ1) is 12.7. The number of aromatic nitrogens is 2. The molecule has 1 N–H and O–H groups in total. The van der Waals surface area contributed by atoms with Crippen LogP contribution in [0.15, 0.2) is 69.5 Å². The molecule has 130 valence electrons. The molecule has 8 heteroatoms. The van der Waals surface area contributed by atoms with E-state index in [9.17, 15) is 9.59 Å². The highest BCUT2D eigenvalue weighted by Crippen LogP contribution is 2.18. The molecule has 4 rings (SSSR count). The molecule has 0 aliphatic carbocycles. The minimum atomic E-state index is -0.322. The van der Waals surface area contributed by atoms with Gasteiger partial charge in [-0.15, -0.1) is 11.3 Å². The standard InChI is InChI=1S/C18H13N3O4S/c22-16-10-13(20-18-21(16)7-9-26-18)11-25-14-5-3-12(4-6-14)19-17(23)15-2-1-8-24-15/h1-10H,11H2,(H,19,23). The number of furan rings is 1. The Labute approximate surface area is 151 Å². The van der Waals surface area contributed by atoms with E-state index in [1.807, 2.05) is 5.38 Å². The zero-order valence-electron chi connectivity index (χ0n) is 13.4. The number of fused-ring (bicyclic) bond motifs is 1. The van der Waals surface area contributed by atoms with Crippen LogP contribution in [0.1, 0.15) is 16.2 Å². The Morgan fingerprint density at radius 3 is 2.88 bits per heavy atom. The lowest BCUT2D eigenvalue weighted by Gasteiger charge is -2.07. The van der Waals surface area contributed by atoms with E-state index in [0.717, 1.165) is 0 Å². The lowest BCUT2D eigenvalue weighted by atomic mass is 10.3. The molecule has 0 aliphatic rings. The van der Waals surface area contributed by atoms with Gasteiger partial charge in [-0.3, -0.25) is 14.0 Å². The first-order valence-electron chi connectivity index (χ1n) is 7.72. The molecule has 0 saturated carbocycles. The van der Waals surface area contributed by atoms with E-state index in [-0.39, 0.29) is 23.8 Å². The number of hydrogen-bond acceptors (Lipinski definition) is 6. The van der Waals surface area contributed by atoms with Crippen LogP contribution in [0, 0.1) is 0 Å². The van der Waals surface area contributed by atoms with Crippen molar-refractivity contribution in [1.82, 2.24) is 9.38 Å². The number of carbonyl (C=O) groups excluding carboxylic acids is 1. The van der Waals surface area contributed by atoms with E-state index in [1.54, 1.807) is 42.6 Å². The zero-order valence-corrected chi connectivity index (χ0v) is 14.2. The maximum absolute atomic E-state index is 11.9. The second-order valence-electron chi connectivity index (χ2n) is 5.39. The SMILES string of the molecule is O=C(Nc1ccc(OCc2cc(=O)n3ccsc3n2)cc1)c1ccco1. The lowest BCUT2D eigenvalue weighted by molar-refractivity contribution is 0.0996. The second kappa shape index (κ2) is 6.85. The molecule has 7 nitrogen and oxygen atoms in total. The lowest BCUT2D eigenvalue weighted by Crippen LogP contribution is -2.14. The predicted octanol–water partition coefficient (Wildman–Crippen LogP) is 3.18. The molecule has 0 spiro atoms. The van der Waals surface area contributed by atoms with Gasteiger partial charge in [0.1, 0.15) is 12.4 Å². The largest absolute Gasteiger partial charge is 0.487 e. The molecule has 3 aromatic heterocycles. The number of thiazole rings is 1. The molecule has 0 atom stereocenters. The number of hydrogen-bond donors (Lipinski definition) is 1. The summed E-state index contributed by atoms with van der Waals surface area (Å²) in [6.07, 6.45) is 3.13. The van der Waals surface area contributed by atoms with Crippen molar-refractivity contribution in [3.63, 3.8) is 0 Å². The molecule has 26 heavy (non-hydrogen) atoms. The summed E-state index contributed by atoms with van der Waals surface area (Å²) in [6, 6.07) is 11.6. The van der Waals surface area contributed by atoms with Crippen molar-refractivity contribution in [2.45, 2.75) is 6.61 Å². The first-order valence-corrected chi connectivity index (χ1v) is 8.60. The number of nitrogens with one attached hydrogen (secondary N) is 1. The Kier molecular flexibility index (Phi) is 4.24. The molecule has 0 unspecified atom stereocenters. The predicted molar refractivity (Wildman–Crippen MR) is 96.8 cm³/mol. The van der Waals surface area contributed by atoms with Gasteiger partial charge in [-0.25, -0.2) is 4.98 Å². The number of amides is 1. The first kappa shape index (κ1) is 16.1. The highest BCUT2D eigenvalue weighted by atomic mass is 32.1. The zero-order chi connectivity index (χ0) is 17.9. The van der Waals surface area contributed by atoms with Crippen molar-refractivity contribution in [1.29, 1.82) is 0 Å². The molecule has 0 aliphatic heterocycles. The van der Waals surface area contributed by atoms with Crippen LogP contribution in [0.25, 0.3) is 4.96 Å². The van der Waals surface area contributed by atoms with Gasteiger partial charge >= 0.3 is 0 Å². The summed E-state index contributed by atoms with van der Waals surface area (Å²) in [5.41, 5.74) is 1.05. The normalized spacial score (nSPS) is 10.8. The van der Waals surface area contributed by atoms with Crippen molar-refractivity contribution in [2.75, 3.05) is 5.32 Å². The van der Waals surface area contributed by atoms with E-state index in [1.165, 1.54) is 28.1 Å².